The lowest BCUT2D eigenvalue weighted by Gasteiger charge is -2.17. The highest BCUT2D eigenvalue weighted by Gasteiger charge is 2.20. The van der Waals surface area contributed by atoms with Gasteiger partial charge in [-0.05, 0) is 42.8 Å². The molecule has 0 saturated heterocycles. The zero-order chi connectivity index (χ0) is 16.2. The van der Waals surface area contributed by atoms with Gasteiger partial charge in [-0.15, -0.1) is 0 Å². The van der Waals surface area contributed by atoms with Crippen molar-refractivity contribution in [3.05, 3.63) is 59.1 Å². The highest BCUT2D eigenvalue weighted by atomic mass is 35.5. The molecule has 2 aromatic carbocycles. The summed E-state index contributed by atoms with van der Waals surface area (Å²) in [6.45, 7) is 2.37. The van der Waals surface area contributed by atoms with Crippen LogP contribution in [-0.2, 0) is 10.0 Å². The molecule has 0 saturated carbocycles. The second-order valence-corrected chi connectivity index (χ2v) is 7.43. The van der Waals surface area contributed by atoms with Crippen molar-refractivity contribution in [1.29, 1.82) is 0 Å². The normalized spacial score (nSPS) is 11.6. The van der Waals surface area contributed by atoms with Gasteiger partial charge in [-0.3, -0.25) is 0 Å². The Labute approximate surface area is 136 Å². The van der Waals surface area contributed by atoms with Gasteiger partial charge in [0.2, 0.25) is 10.0 Å². The molecule has 2 rings (SSSR count). The molecule has 0 N–H and O–H groups in total. The quantitative estimate of drug-likeness (QED) is 0.810. The highest BCUT2D eigenvalue weighted by Crippen LogP contribution is 2.18. The standard InChI is InChI=1S/C16H18ClNO3S/c1-13-5-3-8-16(11-13)22(19,20)18(2)9-10-21-15-7-4-6-14(17)12-15/h3-8,11-12H,9-10H2,1-2H3. The fourth-order valence-corrected chi connectivity index (χ4v) is 3.37. The van der Waals surface area contributed by atoms with Crippen molar-refractivity contribution >= 4 is 21.6 Å². The molecular weight excluding hydrogens is 322 g/mol. The van der Waals surface area contributed by atoms with Gasteiger partial charge in [-0.25, -0.2) is 8.42 Å². The zero-order valence-corrected chi connectivity index (χ0v) is 14.1. The van der Waals surface area contributed by atoms with Crippen molar-refractivity contribution in [2.24, 2.45) is 0 Å². The van der Waals surface area contributed by atoms with E-state index in [2.05, 4.69) is 0 Å². The molecule has 0 atom stereocenters. The topological polar surface area (TPSA) is 46.6 Å². The van der Waals surface area contributed by atoms with Gasteiger partial charge in [-0.2, -0.15) is 4.31 Å². The fraction of sp³-hybridized carbons (Fsp3) is 0.250. The summed E-state index contributed by atoms with van der Waals surface area (Å²) in [6.07, 6.45) is 0. The van der Waals surface area contributed by atoms with Gasteiger partial charge < -0.3 is 4.74 Å². The number of likely N-dealkylation sites (N-methyl/N-ethyl adjacent to an activating group) is 1. The number of hydrogen-bond donors (Lipinski definition) is 0. The summed E-state index contributed by atoms with van der Waals surface area (Å²) in [6, 6.07) is 13.9. The van der Waals surface area contributed by atoms with Gasteiger partial charge in [0, 0.05) is 18.6 Å². The molecule has 4 nitrogen and oxygen atoms in total. The Kier molecular flexibility index (Phi) is 5.45. The largest absolute Gasteiger partial charge is 0.492 e. The van der Waals surface area contributed by atoms with Crippen molar-refractivity contribution < 1.29 is 13.2 Å². The number of benzene rings is 2. The number of hydrogen-bond acceptors (Lipinski definition) is 3. The molecule has 22 heavy (non-hydrogen) atoms. The van der Waals surface area contributed by atoms with E-state index < -0.39 is 10.0 Å². The molecule has 0 heterocycles. The Morgan fingerprint density at radius 3 is 2.55 bits per heavy atom. The van der Waals surface area contributed by atoms with E-state index in [-0.39, 0.29) is 18.0 Å². The molecule has 0 aromatic heterocycles. The van der Waals surface area contributed by atoms with Crippen LogP contribution in [0.25, 0.3) is 0 Å². The van der Waals surface area contributed by atoms with Gasteiger partial charge in [0.05, 0.1) is 4.90 Å². The van der Waals surface area contributed by atoms with E-state index in [1.165, 1.54) is 4.31 Å². The Hall–Kier alpha value is -1.56. The maximum absolute atomic E-state index is 12.4. The molecule has 0 aliphatic heterocycles. The van der Waals surface area contributed by atoms with Crippen LogP contribution in [0.1, 0.15) is 5.56 Å². The highest BCUT2D eigenvalue weighted by molar-refractivity contribution is 7.89. The Morgan fingerprint density at radius 1 is 1.14 bits per heavy atom. The van der Waals surface area contributed by atoms with Gasteiger partial charge in [0.25, 0.3) is 0 Å². The van der Waals surface area contributed by atoms with Crippen LogP contribution in [0.3, 0.4) is 0 Å². The smallest absolute Gasteiger partial charge is 0.242 e. The molecule has 0 amide bonds. The van der Waals surface area contributed by atoms with Gasteiger partial charge in [-0.1, -0.05) is 29.8 Å². The van der Waals surface area contributed by atoms with Crippen molar-refractivity contribution in [2.45, 2.75) is 11.8 Å². The number of aryl methyl sites for hydroxylation is 1. The van der Waals surface area contributed by atoms with Gasteiger partial charge in [0.15, 0.2) is 0 Å². The Bertz CT molecular complexity index is 747. The monoisotopic (exact) mass is 339 g/mol. The van der Waals surface area contributed by atoms with Crippen LogP contribution in [0, 0.1) is 6.92 Å². The lowest BCUT2D eigenvalue weighted by molar-refractivity contribution is 0.287. The summed E-state index contributed by atoms with van der Waals surface area (Å²) in [7, 11) is -1.96. The molecule has 0 radical (unpaired) electrons. The van der Waals surface area contributed by atoms with E-state index in [1.807, 2.05) is 13.0 Å². The summed E-state index contributed by atoms with van der Waals surface area (Å²) < 4.78 is 31.7. The zero-order valence-electron chi connectivity index (χ0n) is 12.5. The summed E-state index contributed by atoms with van der Waals surface area (Å²) in [5.41, 5.74) is 0.907. The first-order chi connectivity index (χ1) is 10.4. The third-order valence-corrected chi connectivity index (χ3v) is 5.26. The Balaban J connectivity index is 1.98. The first-order valence-corrected chi connectivity index (χ1v) is 8.63. The minimum atomic E-state index is -3.50. The van der Waals surface area contributed by atoms with E-state index in [4.69, 9.17) is 16.3 Å². The summed E-state index contributed by atoms with van der Waals surface area (Å²) in [4.78, 5) is 0.290. The van der Waals surface area contributed by atoms with Crippen molar-refractivity contribution in [1.82, 2.24) is 4.31 Å². The predicted molar refractivity (Wildman–Crippen MR) is 87.9 cm³/mol. The van der Waals surface area contributed by atoms with Gasteiger partial charge in [0.1, 0.15) is 12.4 Å². The van der Waals surface area contributed by atoms with Gasteiger partial charge >= 0.3 is 0 Å². The third kappa shape index (κ3) is 4.22. The van der Waals surface area contributed by atoms with Crippen LogP contribution in [-0.4, -0.2) is 32.9 Å². The van der Waals surface area contributed by atoms with Crippen molar-refractivity contribution in [2.75, 3.05) is 20.2 Å². The van der Waals surface area contributed by atoms with E-state index in [0.29, 0.717) is 10.8 Å². The van der Waals surface area contributed by atoms with Crippen LogP contribution in [0.15, 0.2) is 53.4 Å². The van der Waals surface area contributed by atoms with Crippen LogP contribution in [0.2, 0.25) is 5.02 Å². The number of sulfonamides is 1. The molecule has 0 unspecified atom stereocenters. The minimum absolute atomic E-state index is 0.252. The molecule has 0 aliphatic rings. The molecule has 0 bridgehead atoms. The predicted octanol–water partition coefficient (Wildman–Crippen LogP) is 3.35. The summed E-state index contributed by atoms with van der Waals surface area (Å²) in [5.74, 6) is 0.619. The number of ether oxygens (including phenoxy) is 1. The van der Waals surface area contributed by atoms with E-state index >= 15 is 0 Å². The van der Waals surface area contributed by atoms with Crippen molar-refractivity contribution in [3.8, 4) is 5.75 Å². The number of halogens is 1. The first-order valence-electron chi connectivity index (χ1n) is 6.81. The SMILES string of the molecule is Cc1cccc(S(=O)(=O)N(C)CCOc2cccc(Cl)c2)c1. The molecule has 2 aromatic rings. The van der Waals surface area contributed by atoms with E-state index in [9.17, 15) is 8.42 Å². The Morgan fingerprint density at radius 2 is 1.86 bits per heavy atom. The lowest BCUT2D eigenvalue weighted by Crippen LogP contribution is -2.31. The second-order valence-electron chi connectivity index (χ2n) is 4.95. The molecule has 118 valence electrons. The third-order valence-electron chi connectivity index (χ3n) is 3.17. The second kappa shape index (κ2) is 7.13. The maximum atomic E-state index is 12.4. The van der Waals surface area contributed by atoms with E-state index in [1.54, 1.807) is 49.5 Å². The fourth-order valence-electron chi connectivity index (χ4n) is 1.92. The number of nitrogens with zero attached hydrogens (tertiary/aromatic N) is 1. The average Bonchev–Trinajstić information content (AvgIpc) is 2.47. The first kappa shape index (κ1) is 16.8. The average molecular weight is 340 g/mol. The number of rotatable bonds is 6. The maximum Gasteiger partial charge on any atom is 0.242 e. The molecular formula is C16H18ClNO3S. The minimum Gasteiger partial charge on any atom is -0.492 e. The van der Waals surface area contributed by atoms with Crippen LogP contribution in [0.5, 0.6) is 5.75 Å². The molecule has 0 aliphatic carbocycles. The van der Waals surface area contributed by atoms with Crippen LogP contribution < -0.4 is 4.74 Å². The summed E-state index contributed by atoms with van der Waals surface area (Å²) >= 11 is 5.87. The molecule has 6 heteroatoms. The molecule has 0 spiro atoms. The van der Waals surface area contributed by atoms with Crippen LogP contribution in [0.4, 0.5) is 0 Å². The lowest BCUT2D eigenvalue weighted by atomic mass is 10.2. The van der Waals surface area contributed by atoms with Crippen LogP contribution >= 0.6 is 11.6 Å². The molecule has 0 fully saturated rings. The van der Waals surface area contributed by atoms with Crippen molar-refractivity contribution in [3.63, 3.8) is 0 Å². The summed E-state index contributed by atoms with van der Waals surface area (Å²) in [5, 5.41) is 0.582. The van der Waals surface area contributed by atoms with E-state index in [0.717, 1.165) is 5.56 Å².